The first-order valence-electron chi connectivity index (χ1n) is 5.25. The van der Waals surface area contributed by atoms with Crippen LogP contribution in [0, 0.1) is 3.57 Å². The molecule has 2 aromatic rings. The van der Waals surface area contributed by atoms with Gasteiger partial charge in [-0.25, -0.2) is 9.78 Å². The zero-order valence-electron chi connectivity index (χ0n) is 9.54. The molecule has 0 aliphatic rings. The maximum absolute atomic E-state index is 10.9. The average Bonchev–Trinajstić information content (AvgIpc) is 2.71. The van der Waals surface area contributed by atoms with E-state index in [0.29, 0.717) is 5.16 Å². The van der Waals surface area contributed by atoms with Crippen LogP contribution in [0.15, 0.2) is 35.6 Å². The maximum Gasteiger partial charge on any atom is 0.356 e. The molecule has 4 nitrogen and oxygen atoms in total. The van der Waals surface area contributed by atoms with Gasteiger partial charge < -0.3 is 9.67 Å². The van der Waals surface area contributed by atoms with E-state index in [2.05, 4.69) is 40.2 Å². The minimum absolute atomic E-state index is 0.00454. The standard InChI is InChI=1S/C12H11IN2O2S/c1-7(8-2-4-9(13)5-3-8)15-6-10(11(16)17)14-12(15)18/h2-7H,1H3,(H,14,18)(H,16,17). The van der Waals surface area contributed by atoms with Crippen molar-refractivity contribution in [2.75, 3.05) is 0 Å². The van der Waals surface area contributed by atoms with Gasteiger partial charge in [-0.3, -0.25) is 0 Å². The minimum Gasteiger partial charge on any atom is -0.476 e. The summed E-state index contributed by atoms with van der Waals surface area (Å²) in [4.78, 5) is 14.8. The molecule has 0 amide bonds. The highest BCUT2D eigenvalue weighted by molar-refractivity contribution is 14.1. The summed E-state index contributed by atoms with van der Waals surface area (Å²) in [6.07, 6.45) is 1.51. The summed E-state index contributed by atoms with van der Waals surface area (Å²) >= 11 is 6.45. The summed E-state index contributed by atoms with van der Waals surface area (Å²) in [6.45, 7) is 1.98. The summed E-state index contributed by atoms with van der Waals surface area (Å²) < 4.78 is 2.90. The van der Waals surface area contributed by atoms with Gasteiger partial charge in [-0.05, 0) is 47.2 Å². The largest absolute Gasteiger partial charge is 0.476 e. The number of carboxylic acid groups (broad SMARTS) is 1. The molecule has 0 bridgehead atoms. The molecule has 0 spiro atoms. The SMILES string of the molecule is CC(c1ccc(I)cc1)n1cc(C(=O)O)nc1S. The molecule has 1 unspecified atom stereocenters. The highest BCUT2D eigenvalue weighted by atomic mass is 127. The van der Waals surface area contributed by atoms with Crippen molar-refractivity contribution in [1.82, 2.24) is 9.55 Å². The van der Waals surface area contributed by atoms with Gasteiger partial charge in [0.15, 0.2) is 10.9 Å². The monoisotopic (exact) mass is 374 g/mol. The second kappa shape index (κ2) is 5.31. The molecule has 0 fully saturated rings. The molecule has 1 heterocycles. The first kappa shape index (κ1) is 13.4. The number of benzene rings is 1. The van der Waals surface area contributed by atoms with Crippen molar-refractivity contribution in [3.8, 4) is 0 Å². The molecule has 0 saturated heterocycles. The molecule has 0 aliphatic carbocycles. The zero-order chi connectivity index (χ0) is 13.3. The van der Waals surface area contributed by atoms with E-state index in [1.54, 1.807) is 4.57 Å². The van der Waals surface area contributed by atoms with E-state index in [9.17, 15) is 4.79 Å². The van der Waals surface area contributed by atoms with Gasteiger partial charge in [0.25, 0.3) is 0 Å². The van der Waals surface area contributed by atoms with E-state index in [-0.39, 0.29) is 11.7 Å². The fourth-order valence-corrected chi connectivity index (χ4v) is 2.37. The fourth-order valence-electron chi connectivity index (χ4n) is 1.67. The third-order valence-electron chi connectivity index (χ3n) is 2.70. The number of carboxylic acids is 1. The van der Waals surface area contributed by atoms with E-state index in [1.807, 2.05) is 31.2 Å². The molecule has 0 radical (unpaired) electrons. The third kappa shape index (κ3) is 2.69. The van der Waals surface area contributed by atoms with Crippen molar-refractivity contribution in [1.29, 1.82) is 0 Å². The minimum atomic E-state index is -1.04. The lowest BCUT2D eigenvalue weighted by Gasteiger charge is -2.14. The Balaban J connectivity index is 2.36. The first-order chi connectivity index (χ1) is 8.49. The van der Waals surface area contributed by atoms with Gasteiger partial charge in [0.1, 0.15) is 0 Å². The van der Waals surface area contributed by atoms with Gasteiger partial charge in [-0.15, -0.1) is 12.6 Å². The van der Waals surface area contributed by atoms with Crippen molar-refractivity contribution in [2.24, 2.45) is 0 Å². The lowest BCUT2D eigenvalue weighted by molar-refractivity contribution is 0.0690. The quantitative estimate of drug-likeness (QED) is 0.642. The Hall–Kier alpha value is -1.02. The smallest absolute Gasteiger partial charge is 0.356 e. The molecule has 94 valence electrons. The molecular weight excluding hydrogens is 363 g/mol. The molecule has 1 aromatic heterocycles. The number of thiol groups is 1. The Morgan fingerprint density at radius 3 is 2.56 bits per heavy atom. The van der Waals surface area contributed by atoms with E-state index >= 15 is 0 Å². The molecule has 1 aromatic carbocycles. The predicted octanol–water partition coefficient (Wildman–Crippen LogP) is 3.08. The van der Waals surface area contributed by atoms with Crippen LogP contribution in [-0.4, -0.2) is 20.6 Å². The van der Waals surface area contributed by atoms with Gasteiger partial charge >= 0.3 is 5.97 Å². The van der Waals surface area contributed by atoms with Crippen molar-refractivity contribution < 1.29 is 9.90 Å². The lowest BCUT2D eigenvalue weighted by Crippen LogP contribution is -2.06. The molecule has 18 heavy (non-hydrogen) atoms. The van der Waals surface area contributed by atoms with Gasteiger partial charge in [0.05, 0.1) is 6.04 Å². The summed E-state index contributed by atoms with van der Waals surface area (Å²) in [5, 5.41) is 9.30. The number of hydrogen-bond acceptors (Lipinski definition) is 3. The van der Waals surface area contributed by atoms with Crippen LogP contribution in [-0.2, 0) is 0 Å². The van der Waals surface area contributed by atoms with Gasteiger partial charge in [0.2, 0.25) is 0 Å². The highest BCUT2D eigenvalue weighted by Gasteiger charge is 2.16. The Morgan fingerprint density at radius 2 is 2.06 bits per heavy atom. The second-order valence-corrected chi connectivity index (χ2v) is 5.51. The van der Waals surface area contributed by atoms with Crippen LogP contribution >= 0.6 is 35.2 Å². The summed E-state index contributed by atoms with van der Waals surface area (Å²) in [5.74, 6) is -1.04. The summed E-state index contributed by atoms with van der Waals surface area (Å²) in [5.41, 5.74) is 1.09. The van der Waals surface area contributed by atoms with Crippen LogP contribution in [0.1, 0.15) is 29.0 Å². The molecule has 2 rings (SSSR count). The number of nitrogens with zero attached hydrogens (tertiary/aromatic N) is 2. The number of rotatable bonds is 3. The van der Waals surface area contributed by atoms with Crippen LogP contribution in [0.2, 0.25) is 0 Å². The number of hydrogen-bond donors (Lipinski definition) is 2. The molecule has 0 aliphatic heterocycles. The maximum atomic E-state index is 10.9. The molecule has 1 atom stereocenters. The van der Waals surface area contributed by atoms with E-state index < -0.39 is 5.97 Å². The lowest BCUT2D eigenvalue weighted by atomic mass is 10.1. The van der Waals surface area contributed by atoms with Crippen molar-refractivity contribution in [2.45, 2.75) is 18.1 Å². The number of aromatic carboxylic acids is 1. The number of aromatic nitrogens is 2. The van der Waals surface area contributed by atoms with Crippen LogP contribution in [0.25, 0.3) is 0 Å². The van der Waals surface area contributed by atoms with Gasteiger partial charge in [0, 0.05) is 9.77 Å². The Bertz CT molecular complexity index is 580. The predicted molar refractivity (Wildman–Crippen MR) is 79.4 cm³/mol. The molecule has 1 N–H and O–H groups in total. The number of halogens is 1. The molecular formula is C12H11IN2O2S. The second-order valence-electron chi connectivity index (χ2n) is 3.87. The van der Waals surface area contributed by atoms with Gasteiger partial charge in [-0.2, -0.15) is 0 Å². The average molecular weight is 374 g/mol. The Morgan fingerprint density at radius 1 is 1.44 bits per heavy atom. The van der Waals surface area contributed by atoms with E-state index in [4.69, 9.17) is 5.11 Å². The van der Waals surface area contributed by atoms with Crippen LogP contribution < -0.4 is 0 Å². The van der Waals surface area contributed by atoms with Crippen molar-refractivity contribution >= 4 is 41.2 Å². The first-order valence-corrected chi connectivity index (χ1v) is 6.78. The highest BCUT2D eigenvalue weighted by Crippen LogP contribution is 2.22. The third-order valence-corrected chi connectivity index (χ3v) is 3.75. The number of carbonyl (C=O) groups is 1. The van der Waals surface area contributed by atoms with Crippen LogP contribution in [0.3, 0.4) is 0 Å². The topological polar surface area (TPSA) is 55.1 Å². The molecule has 6 heteroatoms. The summed E-state index contributed by atoms with van der Waals surface area (Å²) in [6, 6.07) is 8.05. The summed E-state index contributed by atoms with van der Waals surface area (Å²) in [7, 11) is 0. The Kier molecular flexibility index (Phi) is 3.96. The zero-order valence-corrected chi connectivity index (χ0v) is 12.6. The van der Waals surface area contributed by atoms with Crippen LogP contribution in [0.5, 0.6) is 0 Å². The Labute approximate surface area is 124 Å². The fraction of sp³-hybridized carbons (Fsp3) is 0.167. The van der Waals surface area contributed by atoms with Gasteiger partial charge in [-0.1, -0.05) is 12.1 Å². The normalized spacial score (nSPS) is 12.4. The van der Waals surface area contributed by atoms with E-state index in [1.165, 1.54) is 6.20 Å². The number of imidazole rings is 1. The van der Waals surface area contributed by atoms with Crippen molar-refractivity contribution in [3.63, 3.8) is 0 Å². The molecule has 0 saturated carbocycles. The van der Waals surface area contributed by atoms with Crippen LogP contribution in [0.4, 0.5) is 0 Å². The van der Waals surface area contributed by atoms with Crippen molar-refractivity contribution in [3.05, 3.63) is 45.3 Å². The van der Waals surface area contributed by atoms with E-state index in [0.717, 1.165) is 9.13 Å².